The van der Waals surface area contributed by atoms with Crippen molar-refractivity contribution in [1.29, 1.82) is 0 Å². The van der Waals surface area contributed by atoms with Gasteiger partial charge in [-0.2, -0.15) is 0 Å². The fourth-order valence-electron chi connectivity index (χ4n) is 1.66. The smallest absolute Gasteiger partial charge is 0.144 e. The molecule has 1 aromatic carbocycles. The Morgan fingerprint density at radius 2 is 1.65 bits per heavy atom. The number of hydrogen-bond acceptors (Lipinski definition) is 2. The predicted molar refractivity (Wildman–Crippen MR) is 69.2 cm³/mol. The van der Waals surface area contributed by atoms with Crippen molar-refractivity contribution in [1.82, 2.24) is 0 Å². The monoisotopic (exact) mass is 232 g/mol. The van der Waals surface area contributed by atoms with Gasteiger partial charge in [0.2, 0.25) is 0 Å². The van der Waals surface area contributed by atoms with E-state index in [1.807, 2.05) is 12.1 Å². The van der Waals surface area contributed by atoms with Crippen molar-refractivity contribution < 1.29 is 9.59 Å². The van der Waals surface area contributed by atoms with E-state index in [1.165, 1.54) is 5.56 Å². The van der Waals surface area contributed by atoms with Crippen LogP contribution in [0.4, 0.5) is 0 Å². The normalized spacial score (nSPS) is 10.6. The molecule has 2 heteroatoms. The van der Waals surface area contributed by atoms with Crippen LogP contribution in [0.15, 0.2) is 24.3 Å². The number of hydrogen-bond donors (Lipinski definition) is 0. The average Bonchev–Trinajstić information content (AvgIpc) is 2.29. The Morgan fingerprint density at radius 1 is 1.06 bits per heavy atom. The zero-order chi connectivity index (χ0) is 12.8. The van der Waals surface area contributed by atoms with Gasteiger partial charge in [-0.3, -0.25) is 9.59 Å². The summed E-state index contributed by atoms with van der Waals surface area (Å²) in [5, 5.41) is 0. The largest absolute Gasteiger partial charge is 0.299 e. The molecule has 0 radical (unpaired) electrons. The van der Waals surface area contributed by atoms with Gasteiger partial charge in [-0.05, 0) is 17.0 Å². The van der Waals surface area contributed by atoms with E-state index in [2.05, 4.69) is 26.0 Å². The highest BCUT2D eigenvalue weighted by molar-refractivity contribution is 5.99. The summed E-state index contributed by atoms with van der Waals surface area (Å²) in [6, 6.07) is 8.05. The second-order valence-corrected chi connectivity index (χ2v) is 4.68. The molecule has 1 rings (SSSR count). The van der Waals surface area contributed by atoms with Gasteiger partial charge >= 0.3 is 0 Å². The molecule has 0 fully saturated rings. The molecule has 0 saturated carbocycles. The molecule has 92 valence electrons. The predicted octanol–water partition coefficient (Wildman–Crippen LogP) is 3.29. The van der Waals surface area contributed by atoms with Crippen LogP contribution in [-0.2, 0) is 16.0 Å². The van der Waals surface area contributed by atoms with Crippen molar-refractivity contribution in [2.75, 3.05) is 0 Å². The third-order valence-electron chi connectivity index (χ3n) is 2.84. The van der Waals surface area contributed by atoms with Crippen LogP contribution < -0.4 is 0 Å². The Hall–Kier alpha value is -1.44. The van der Waals surface area contributed by atoms with Gasteiger partial charge in [-0.25, -0.2) is 0 Å². The molecule has 2 nitrogen and oxygen atoms in total. The Morgan fingerprint density at radius 3 is 2.12 bits per heavy atom. The summed E-state index contributed by atoms with van der Waals surface area (Å²) in [4.78, 5) is 22.7. The lowest BCUT2D eigenvalue weighted by Crippen LogP contribution is -2.09. The van der Waals surface area contributed by atoms with Gasteiger partial charge in [0.15, 0.2) is 0 Å². The number of carbonyl (C=O) groups is 2. The zero-order valence-electron chi connectivity index (χ0n) is 10.8. The lowest BCUT2D eigenvalue weighted by Gasteiger charge is -2.06. The molecule has 0 spiro atoms. The Balaban J connectivity index is 2.57. The molecule has 0 aliphatic heterocycles. The topological polar surface area (TPSA) is 34.1 Å². The number of Topliss-reactive ketones (excluding diaryl/α,β-unsaturated/α-hetero) is 2. The second kappa shape index (κ2) is 6.33. The van der Waals surface area contributed by atoms with E-state index >= 15 is 0 Å². The maximum absolute atomic E-state index is 11.6. The van der Waals surface area contributed by atoms with Crippen molar-refractivity contribution >= 4 is 11.6 Å². The summed E-state index contributed by atoms with van der Waals surface area (Å²) in [7, 11) is 0. The van der Waals surface area contributed by atoms with Crippen LogP contribution in [0.1, 0.15) is 50.7 Å². The molecule has 1 aromatic rings. The summed E-state index contributed by atoms with van der Waals surface area (Å²) in [5.74, 6) is 0.532. The van der Waals surface area contributed by atoms with Crippen molar-refractivity contribution in [2.45, 2.75) is 46.0 Å². The van der Waals surface area contributed by atoms with Crippen molar-refractivity contribution in [3.63, 3.8) is 0 Å². The van der Waals surface area contributed by atoms with Crippen LogP contribution in [0.3, 0.4) is 0 Å². The van der Waals surface area contributed by atoms with Gasteiger partial charge in [0.05, 0.1) is 6.42 Å². The minimum absolute atomic E-state index is 0.00847. The first-order chi connectivity index (χ1) is 8.02. The fraction of sp³-hybridized carbons (Fsp3) is 0.467. The van der Waals surface area contributed by atoms with Gasteiger partial charge < -0.3 is 0 Å². The third-order valence-corrected chi connectivity index (χ3v) is 2.84. The van der Waals surface area contributed by atoms with Gasteiger partial charge in [-0.1, -0.05) is 45.0 Å². The molecule has 0 aliphatic carbocycles. The van der Waals surface area contributed by atoms with Gasteiger partial charge in [0.25, 0.3) is 0 Å². The Kier molecular flexibility index (Phi) is 5.08. The molecule has 0 heterocycles. The molecular formula is C15H20O2. The number of ketones is 2. The molecule has 17 heavy (non-hydrogen) atoms. The highest BCUT2D eigenvalue weighted by Gasteiger charge is 2.08. The summed E-state index contributed by atoms with van der Waals surface area (Å²) < 4.78 is 0. The Bertz CT molecular complexity index is 388. The molecule has 0 bridgehead atoms. The molecule has 0 N–H and O–H groups in total. The van der Waals surface area contributed by atoms with Crippen LogP contribution in [-0.4, -0.2) is 11.6 Å². The molecule has 0 aromatic heterocycles. The van der Waals surface area contributed by atoms with Crippen molar-refractivity contribution in [2.24, 2.45) is 0 Å². The van der Waals surface area contributed by atoms with Crippen molar-refractivity contribution in [3.05, 3.63) is 35.4 Å². The van der Waals surface area contributed by atoms with E-state index in [1.54, 1.807) is 6.92 Å². The number of benzene rings is 1. The third kappa shape index (κ3) is 4.51. The minimum Gasteiger partial charge on any atom is -0.299 e. The standard InChI is InChI=1S/C15H20O2/c1-4-14(16)10-15(17)9-12-5-7-13(8-6-12)11(2)3/h5-8,11H,4,9-10H2,1-3H3. The quantitative estimate of drug-likeness (QED) is 0.705. The van der Waals surface area contributed by atoms with Gasteiger partial charge in [-0.15, -0.1) is 0 Å². The molecule has 0 saturated heterocycles. The number of carbonyl (C=O) groups excluding carboxylic acids is 2. The summed E-state index contributed by atoms with van der Waals surface area (Å²) in [5.41, 5.74) is 2.26. The number of rotatable bonds is 6. The maximum atomic E-state index is 11.6. The van der Waals surface area contributed by atoms with E-state index in [9.17, 15) is 9.59 Å². The average molecular weight is 232 g/mol. The van der Waals surface area contributed by atoms with E-state index < -0.39 is 0 Å². The second-order valence-electron chi connectivity index (χ2n) is 4.68. The van der Waals surface area contributed by atoms with Crippen LogP contribution >= 0.6 is 0 Å². The SMILES string of the molecule is CCC(=O)CC(=O)Cc1ccc(C(C)C)cc1. The first kappa shape index (κ1) is 13.6. The van der Waals surface area contributed by atoms with Crippen LogP contribution in [0, 0.1) is 0 Å². The van der Waals surface area contributed by atoms with E-state index in [-0.39, 0.29) is 18.0 Å². The zero-order valence-corrected chi connectivity index (χ0v) is 10.8. The molecule has 0 aliphatic rings. The molecule has 0 unspecified atom stereocenters. The molecule has 0 atom stereocenters. The minimum atomic E-state index is 0.00847. The lowest BCUT2D eigenvalue weighted by atomic mass is 9.99. The first-order valence-electron chi connectivity index (χ1n) is 6.15. The maximum Gasteiger partial charge on any atom is 0.144 e. The van der Waals surface area contributed by atoms with Crippen molar-refractivity contribution in [3.8, 4) is 0 Å². The summed E-state index contributed by atoms with van der Waals surface area (Å²) in [6.45, 7) is 6.06. The highest BCUT2D eigenvalue weighted by Crippen LogP contribution is 2.15. The fourth-order valence-corrected chi connectivity index (χ4v) is 1.66. The summed E-state index contributed by atoms with van der Waals surface area (Å²) >= 11 is 0. The van der Waals surface area contributed by atoms with E-state index in [0.717, 1.165) is 5.56 Å². The molecular weight excluding hydrogens is 212 g/mol. The van der Waals surface area contributed by atoms with Gasteiger partial charge in [0, 0.05) is 12.8 Å². The van der Waals surface area contributed by atoms with E-state index in [0.29, 0.717) is 18.8 Å². The summed E-state index contributed by atoms with van der Waals surface area (Å²) in [6.07, 6.45) is 0.880. The highest BCUT2D eigenvalue weighted by atomic mass is 16.1. The van der Waals surface area contributed by atoms with Crippen LogP contribution in [0.2, 0.25) is 0 Å². The lowest BCUT2D eigenvalue weighted by molar-refractivity contribution is -0.126. The van der Waals surface area contributed by atoms with Crippen LogP contribution in [0.5, 0.6) is 0 Å². The van der Waals surface area contributed by atoms with E-state index in [4.69, 9.17) is 0 Å². The first-order valence-corrected chi connectivity index (χ1v) is 6.15. The molecule has 0 amide bonds. The van der Waals surface area contributed by atoms with Gasteiger partial charge in [0.1, 0.15) is 11.6 Å². The van der Waals surface area contributed by atoms with Crippen LogP contribution in [0.25, 0.3) is 0 Å². The Labute approximate surface area is 103 Å².